The number of aliphatic hydroxyl groups excluding tert-OH is 1. The van der Waals surface area contributed by atoms with E-state index in [1.807, 2.05) is 13.8 Å². The molecule has 0 spiro atoms. The summed E-state index contributed by atoms with van der Waals surface area (Å²) >= 11 is 0. The van der Waals surface area contributed by atoms with Crippen LogP contribution in [0.4, 0.5) is 0 Å². The molecule has 0 aromatic rings. The second-order valence-corrected chi connectivity index (χ2v) is 3.68. The van der Waals surface area contributed by atoms with E-state index in [4.69, 9.17) is 4.84 Å². The summed E-state index contributed by atoms with van der Waals surface area (Å²) in [6.07, 6.45) is -0.107. The van der Waals surface area contributed by atoms with Gasteiger partial charge < -0.3 is 10.0 Å². The van der Waals surface area contributed by atoms with Crippen LogP contribution in [-0.4, -0.2) is 59.9 Å². The second-order valence-electron chi connectivity index (χ2n) is 3.68. The molecule has 1 N–H and O–H groups in total. The van der Waals surface area contributed by atoms with Crippen LogP contribution in [0, 0.1) is 0 Å². The van der Waals surface area contributed by atoms with Crippen LogP contribution in [0.2, 0.25) is 0 Å². The molecule has 1 rings (SSSR count). The molecule has 1 heterocycles. The summed E-state index contributed by atoms with van der Waals surface area (Å²) in [5, 5.41) is 11.0. The molecule has 0 aromatic heterocycles. The normalized spacial score (nSPS) is 18.9. The second kappa shape index (κ2) is 6.05. The highest BCUT2D eigenvalue weighted by Gasteiger charge is 2.24. The summed E-state index contributed by atoms with van der Waals surface area (Å²) in [6, 6.07) is 0. The first kappa shape index (κ1) is 12.4. The predicted octanol–water partition coefficient (Wildman–Crippen LogP) is -0.147. The molecule has 5 nitrogen and oxygen atoms in total. The molecule has 15 heavy (non-hydrogen) atoms. The van der Waals surface area contributed by atoms with Crippen molar-refractivity contribution >= 4 is 5.91 Å². The van der Waals surface area contributed by atoms with Gasteiger partial charge in [0.05, 0.1) is 25.7 Å². The largest absolute Gasteiger partial charge is 0.390 e. The third kappa shape index (κ3) is 3.77. The molecule has 0 bridgehead atoms. The Bertz CT molecular complexity index is 207. The van der Waals surface area contributed by atoms with Gasteiger partial charge in [0, 0.05) is 6.54 Å². The van der Waals surface area contributed by atoms with Crippen molar-refractivity contribution in [3.63, 3.8) is 0 Å². The van der Waals surface area contributed by atoms with E-state index < -0.39 is 6.10 Å². The summed E-state index contributed by atoms with van der Waals surface area (Å²) in [7, 11) is 0. The van der Waals surface area contributed by atoms with Crippen LogP contribution in [0.15, 0.2) is 0 Å². The van der Waals surface area contributed by atoms with E-state index in [1.54, 1.807) is 0 Å². The van der Waals surface area contributed by atoms with E-state index in [0.717, 1.165) is 13.1 Å². The zero-order chi connectivity index (χ0) is 11.3. The minimum Gasteiger partial charge on any atom is -0.390 e. The Balaban J connectivity index is 2.28. The molecule has 1 atom stereocenters. The average Bonchev–Trinajstić information content (AvgIpc) is 2.61. The highest BCUT2D eigenvalue weighted by atomic mass is 16.7. The number of carbonyl (C=O) groups is 1. The molecule has 5 heteroatoms. The Morgan fingerprint density at radius 3 is 2.67 bits per heavy atom. The minimum atomic E-state index is -0.535. The highest BCUT2D eigenvalue weighted by Crippen LogP contribution is 2.07. The Kier molecular flexibility index (Phi) is 5.01. The quantitative estimate of drug-likeness (QED) is 0.671. The summed E-state index contributed by atoms with van der Waals surface area (Å²) in [6.45, 7) is 7.21. The standard InChI is InChI=1S/C10H20N2O3/c1-3-11(4-2)7-9(13)8-12-10(14)5-6-15-12/h9,13H,3-8H2,1-2H3. The number of aliphatic hydroxyl groups is 1. The van der Waals surface area contributed by atoms with E-state index in [9.17, 15) is 9.90 Å². The van der Waals surface area contributed by atoms with Gasteiger partial charge in [0.1, 0.15) is 0 Å². The van der Waals surface area contributed by atoms with Crippen molar-refractivity contribution in [2.75, 3.05) is 32.8 Å². The smallest absolute Gasteiger partial charge is 0.248 e. The van der Waals surface area contributed by atoms with Crippen LogP contribution < -0.4 is 0 Å². The maximum absolute atomic E-state index is 11.2. The Morgan fingerprint density at radius 1 is 1.53 bits per heavy atom. The molecular weight excluding hydrogens is 196 g/mol. The molecule has 1 aliphatic rings. The fraction of sp³-hybridized carbons (Fsp3) is 0.900. The van der Waals surface area contributed by atoms with E-state index in [2.05, 4.69) is 4.90 Å². The first-order valence-corrected chi connectivity index (χ1v) is 5.51. The summed E-state index contributed by atoms with van der Waals surface area (Å²) in [5.41, 5.74) is 0. The van der Waals surface area contributed by atoms with Gasteiger partial charge in [-0.25, -0.2) is 5.06 Å². The van der Waals surface area contributed by atoms with E-state index >= 15 is 0 Å². The van der Waals surface area contributed by atoms with Crippen LogP contribution in [0.1, 0.15) is 20.3 Å². The number of β-amino-alcohol motifs (C(OH)–C–C–N with tert-alkyl or cyclic N) is 1. The number of hydrogen-bond donors (Lipinski definition) is 1. The maximum Gasteiger partial charge on any atom is 0.248 e. The van der Waals surface area contributed by atoms with Crippen LogP contribution in [0.25, 0.3) is 0 Å². The monoisotopic (exact) mass is 216 g/mol. The van der Waals surface area contributed by atoms with Gasteiger partial charge in [0.15, 0.2) is 0 Å². The summed E-state index contributed by atoms with van der Waals surface area (Å²) in [4.78, 5) is 18.4. The number of hydrogen-bond acceptors (Lipinski definition) is 4. The van der Waals surface area contributed by atoms with Gasteiger partial charge in [-0.15, -0.1) is 0 Å². The topological polar surface area (TPSA) is 53.0 Å². The van der Waals surface area contributed by atoms with Gasteiger partial charge in [-0.3, -0.25) is 9.63 Å². The third-order valence-electron chi connectivity index (χ3n) is 2.58. The van der Waals surface area contributed by atoms with Gasteiger partial charge in [0.25, 0.3) is 0 Å². The molecule has 1 unspecified atom stereocenters. The van der Waals surface area contributed by atoms with Crippen molar-refractivity contribution in [2.24, 2.45) is 0 Å². The van der Waals surface area contributed by atoms with Gasteiger partial charge in [0.2, 0.25) is 5.91 Å². The van der Waals surface area contributed by atoms with Crippen molar-refractivity contribution < 1.29 is 14.7 Å². The average molecular weight is 216 g/mol. The molecule has 1 amide bonds. The number of amides is 1. The zero-order valence-corrected chi connectivity index (χ0v) is 9.48. The Labute approximate surface area is 90.6 Å². The fourth-order valence-electron chi connectivity index (χ4n) is 1.62. The molecule has 0 saturated carbocycles. The minimum absolute atomic E-state index is 0.0337. The molecule has 1 aliphatic heterocycles. The predicted molar refractivity (Wildman–Crippen MR) is 56.1 cm³/mol. The lowest BCUT2D eigenvalue weighted by molar-refractivity contribution is -0.168. The number of nitrogens with zero attached hydrogens (tertiary/aromatic N) is 2. The Morgan fingerprint density at radius 2 is 2.20 bits per heavy atom. The molecule has 0 radical (unpaired) electrons. The van der Waals surface area contributed by atoms with Crippen molar-refractivity contribution in [3.05, 3.63) is 0 Å². The van der Waals surface area contributed by atoms with E-state index in [1.165, 1.54) is 5.06 Å². The van der Waals surface area contributed by atoms with Gasteiger partial charge in [-0.05, 0) is 13.1 Å². The molecule has 88 valence electrons. The number of hydroxylamine groups is 2. The number of rotatable bonds is 6. The maximum atomic E-state index is 11.2. The molecule has 1 fully saturated rings. The molecule has 0 aliphatic carbocycles. The van der Waals surface area contributed by atoms with Gasteiger partial charge >= 0.3 is 0 Å². The number of likely N-dealkylation sites (N-methyl/N-ethyl adjacent to an activating group) is 1. The zero-order valence-electron chi connectivity index (χ0n) is 9.48. The van der Waals surface area contributed by atoms with Crippen LogP contribution >= 0.6 is 0 Å². The lowest BCUT2D eigenvalue weighted by Crippen LogP contribution is -2.40. The van der Waals surface area contributed by atoms with Gasteiger partial charge in [-0.1, -0.05) is 13.8 Å². The van der Waals surface area contributed by atoms with E-state index in [-0.39, 0.29) is 12.5 Å². The molecule has 1 saturated heterocycles. The van der Waals surface area contributed by atoms with Crippen LogP contribution in [0.3, 0.4) is 0 Å². The first-order valence-electron chi connectivity index (χ1n) is 5.51. The number of carbonyl (C=O) groups excluding carboxylic acids is 1. The summed E-state index contributed by atoms with van der Waals surface area (Å²) in [5.74, 6) is -0.0337. The van der Waals surface area contributed by atoms with Crippen LogP contribution in [-0.2, 0) is 9.63 Å². The van der Waals surface area contributed by atoms with Crippen molar-refractivity contribution in [3.8, 4) is 0 Å². The Hall–Kier alpha value is -0.650. The molecular formula is C10H20N2O3. The summed E-state index contributed by atoms with van der Waals surface area (Å²) < 4.78 is 0. The SMILES string of the molecule is CCN(CC)CC(O)CN1OCCC1=O. The highest BCUT2D eigenvalue weighted by molar-refractivity contribution is 5.76. The van der Waals surface area contributed by atoms with Gasteiger partial charge in [-0.2, -0.15) is 0 Å². The fourth-order valence-corrected chi connectivity index (χ4v) is 1.62. The lowest BCUT2D eigenvalue weighted by Gasteiger charge is -2.24. The van der Waals surface area contributed by atoms with Crippen LogP contribution in [0.5, 0.6) is 0 Å². The molecule has 0 aromatic carbocycles. The first-order chi connectivity index (χ1) is 7.17. The van der Waals surface area contributed by atoms with Crippen molar-refractivity contribution in [1.82, 2.24) is 9.96 Å². The van der Waals surface area contributed by atoms with E-state index in [0.29, 0.717) is 19.6 Å². The van der Waals surface area contributed by atoms with Crippen molar-refractivity contribution in [1.29, 1.82) is 0 Å². The lowest BCUT2D eigenvalue weighted by atomic mass is 10.3. The third-order valence-corrected chi connectivity index (χ3v) is 2.58. The van der Waals surface area contributed by atoms with Crippen molar-refractivity contribution in [2.45, 2.75) is 26.4 Å².